The summed E-state index contributed by atoms with van der Waals surface area (Å²) in [6.07, 6.45) is 3.20. The van der Waals surface area contributed by atoms with Gasteiger partial charge in [-0.15, -0.1) is 0 Å². The van der Waals surface area contributed by atoms with Crippen LogP contribution >= 0.6 is 0 Å². The van der Waals surface area contributed by atoms with Crippen LogP contribution in [0.4, 0.5) is 5.69 Å². The number of ketones is 2. The molecule has 0 atom stereocenters. The number of para-hydroxylation sites is 1. The molecule has 1 saturated carbocycles. The third-order valence-electron chi connectivity index (χ3n) is 2.70. The van der Waals surface area contributed by atoms with E-state index in [1.54, 1.807) is 18.2 Å². The van der Waals surface area contributed by atoms with E-state index in [9.17, 15) is 9.59 Å². The Bertz CT molecular complexity index is 457. The molecule has 0 aromatic heterocycles. The summed E-state index contributed by atoms with van der Waals surface area (Å²) in [6, 6.07) is 7.21. The van der Waals surface area contributed by atoms with E-state index in [4.69, 9.17) is 5.73 Å². The Kier molecular flexibility index (Phi) is 2.86. The van der Waals surface area contributed by atoms with Gasteiger partial charge in [0.25, 0.3) is 0 Å². The molecule has 0 bridgehead atoms. The average Bonchev–Trinajstić information content (AvgIpc) is 2.26. The number of rotatable bonds is 1. The predicted molar refractivity (Wildman–Crippen MR) is 62.7 cm³/mol. The Morgan fingerprint density at radius 2 is 1.69 bits per heavy atom. The summed E-state index contributed by atoms with van der Waals surface area (Å²) < 4.78 is 0. The maximum atomic E-state index is 11.6. The van der Waals surface area contributed by atoms with Gasteiger partial charge in [-0.3, -0.25) is 9.59 Å². The standard InChI is InChI=1S/C13H13NO2/c14-11-5-2-1-4-9(11)8-10-12(15)6-3-7-13(10)16/h1-2,4-5,8H,3,6-7,14H2. The zero-order valence-corrected chi connectivity index (χ0v) is 8.90. The second kappa shape index (κ2) is 4.31. The fraction of sp³-hybridized carbons (Fsp3) is 0.231. The number of nitrogens with two attached hydrogens (primary N) is 1. The highest BCUT2D eigenvalue weighted by Crippen LogP contribution is 2.21. The third-order valence-corrected chi connectivity index (χ3v) is 2.70. The van der Waals surface area contributed by atoms with Crippen molar-refractivity contribution in [2.75, 3.05) is 5.73 Å². The van der Waals surface area contributed by atoms with Gasteiger partial charge in [-0.2, -0.15) is 0 Å². The molecule has 16 heavy (non-hydrogen) atoms. The van der Waals surface area contributed by atoms with Crippen molar-refractivity contribution in [1.29, 1.82) is 0 Å². The topological polar surface area (TPSA) is 60.2 Å². The lowest BCUT2D eigenvalue weighted by molar-refractivity contribution is -0.123. The lowest BCUT2D eigenvalue weighted by Gasteiger charge is -2.11. The Morgan fingerprint density at radius 3 is 2.31 bits per heavy atom. The fourth-order valence-corrected chi connectivity index (χ4v) is 1.79. The molecule has 0 unspecified atom stereocenters. The minimum absolute atomic E-state index is 0.0699. The van der Waals surface area contributed by atoms with Gasteiger partial charge < -0.3 is 5.73 Å². The van der Waals surface area contributed by atoms with E-state index in [1.807, 2.05) is 12.1 Å². The first-order valence-electron chi connectivity index (χ1n) is 5.31. The first-order valence-corrected chi connectivity index (χ1v) is 5.31. The normalized spacial score (nSPS) is 16.4. The van der Waals surface area contributed by atoms with Crippen LogP contribution in [0.1, 0.15) is 24.8 Å². The summed E-state index contributed by atoms with van der Waals surface area (Å²) in [5.74, 6) is -0.140. The number of hydrogen-bond acceptors (Lipinski definition) is 3. The van der Waals surface area contributed by atoms with Gasteiger partial charge in [0.05, 0.1) is 5.57 Å². The van der Waals surface area contributed by atoms with Crippen molar-refractivity contribution in [1.82, 2.24) is 0 Å². The van der Waals surface area contributed by atoms with Gasteiger partial charge in [-0.25, -0.2) is 0 Å². The average molecular weight is 215 g/mol. The molecule has 82 valence electrons. The number of anilines is 1. The van der Waals surface area contributed by atoms with E-state index in [0.29, 0.717) is 30.5 Å². The Balaban J connectivity index is 2.39. The number of allylic oxidation sites excluding steroid dienone is 1. The third kappa shape index (κ3) is 2.03. The van der Waals surface area contributed by atoms with Crippen LogP contribution in [0, 0.1) is 0 Å². The second-order valence-electron chi connectivity index (χ2n) is 3.89. The zero-order chi connectivity index (χ0) is 11.5. The molecule has 1 aromatic rings. The van der Waals surface area contributed by atoms with Crippen LogP contribution in [0.15, 0.2) is 29.8 Å². The number of Topliss-reactive ketones (excluding diaryl/α,β-unsaturated/α-hetero) is 2. The Hall–Kier alpha value is -1.90. The van der Waals surface area contributed by atoms with Gasteiger partial charge in [-0.05, 0) is 24.1 Å². The van der Waals surface area contributed by atoms with Crippen LogP contribution in [0.2, 0.25) is 0 Å². The molecule has 2 rings (SSSR count). The number of nitrogen functional groups attached to an aromatic ring is 1. The highest BCUT2D eigenvalue weighted by molar-refractivity contribution is 6.24. The molecule has 0 radical (unpaired) electrons. The SMILES string of the molecule is Nc1ccccc1C=C1C(=O)CCCC1=O. The molecule has 0 spiro atoms. The maximum absolute atomic E-state index is 11.6. The number of hydrogen-bond donors (Lipinski definition) is 1. The van der Waals surface area contributed by atoms with Gasteiger partial charge in [0, 0.05) is 18.5 Å². The first-order chi connectivity index (χ1) is 7.68. The molecule has 1 aliphatic carbocycles. The van der Waals surface area contributed by atoms with Gasteiger partial charge >= 0.3 is 0 Å². The van der Waals surface area contributed by atoms with Gasteiger partial charge in [-0.1, -0.05) is 18.2 Å². The van der Waals surface area contributed by atoms with Gasteiger partial charge in [0.2, 0.25) is 0 Å². The molecule has 3 nitrogen and oxygen atoms in total. The monoisotopic (exact) mass is 215 g/mol. The lowest BCUT2D eigenvalue weighted by atomic mass is 9.90. The zero-order valence-electron chi connectivity index (χ0n) is 8.90. The van der Waals surface area contributed by atoms with Crippen molar-refractivity contribution in [2.24, 2.45) is 0 Å². The van der Waals surface area contributed by atoms with Crippen LogP contribution in [-0.2, 0) is 9.59 Å². The van der Waals surface area contributed by atoms with Crippen LogP contribution in [0.5, 0.6) is 0 Å². The molecule has 3 heteroatoms. The molecule has 1 aliphatic rings. The highest BCUT2D eigenvalue weighted by Gasteiger charge is 2.22. The minimum Gasteiger partial charge on any atom is -0.398 e. The Labute approximate surface area is 94.0 Å². The van der Waals surface area contributed by atoms with Crippen molar-refractivity contribution in [2.45, 2.75) is 19.3 Å². The largest absolute Gasteiger partial charge is 0.398 e. The predicted octanol–water partition coefficient (Wildman–Crippen LogP) is 1.97. The molecule has 1 aromatic carbocycles. The van der Waals surface area contributed by atoms with Gasteiger partial charge in [0.1, 0.15) is 0 Å². The van der Waals surface area contributed by atoms with Crippen molar-refractivity contribution in [3.63, 3.8) is 0 Å². The van der Waals surface area contributed by atoms with Crippen LogP contribution in [-0.4, -0.2) is 11.6 Å². The van der Waals surface area contributed by atoms with E-state index in [2.05, 4.69) is 0 Å². The van der Waals surface area contributed by atoms with Crippen molar-refractivity contribution in [3.8, 4) is 0 Å². The van der Waals surface area contributed by atoms with Crippen LogP contribution < -0.4 is 5.73 Å². The molecular formula is C13H13NO2. The highest BCUT2D eigenvalue weighted by atomic mass is 16.1. The van der Waals surface area contributed by atoms with Crippen molar-refractivity contribution >= 4 is 23.3 Å². The lowest BCUT2D eigenvalue weighted by Crippen LogP contribution is -2.18. The number of carbonyl (C=O) groups excluding carboxylic acids is 2. The summed E-state index contributed by atoms with van der Waals surface area (Å²) >= 11 is 0. The number of benzene rings is 1. The van der Waals surface area contributed by atoms with E-state index < -0.39 is 0 Å². The smallest absolute Gasteiger partial charge is 0.166 e. The summed E-state index contributed by atoms with van der Waals surface area (Å²) in [5, 5.41) is 0. The summed E-state index contributed by atoms with van der Waals surface area (Å²) in [4.78, 5) is 23.2. The van der Waals surface area contributed by atoms with Gasteiger partial charge in [0.15, 0.2) is 11.6 Å². The summed E-state index contributed by atoms with van der Waals surface area (Å²) in [5.41, 5.74) is 7.38. The van der Waals surface area contributed by atoms with E-state index in [1.165, 1.54) is 0 Å². The molecule has 0 amide bonds. The Morgan fingerprint density at radius 1 is 1.06 bits per heavy atom. The molecule has 1 fully saturated rings. The first kappa shape index (κ1) is 10.6. The summed E-state index contributed by atoms with van der Waals surface area (Å²) in [7, 11) is 0. The number of carbonyl (C=O) groups is 2. The quantitative estimate of drug-likeness (QED) is 0.442. The van der Waals surface area contributed by atoms with E-state index >= 15 is 0 Å². The van der Waals surface area contributed by atoms with E-state index in [0.717, 1.165) is 5.56 Å². The van der Waals surface area contributed by atoms with E-state index in [-0.39, 0.29) is 11.6 Å². The van der Waals surface area contributed by atoms with Crippen LogP contribution in [0.3, 0.4) is 0 Å². The van der Waals surface area contributed by atoms with Crippen molar-refractivity contribution in [3.05, 3.63) is 35.4 Å². The fourth-order valence-electron chi connectivity index (χ4n) is 1.79. The molecule has 0 saturated heterocycles. The van der Waals surface area contributed by atoms with Crippen molar-refractivity contribution < 1.29 is 9.59 Å². The second-order valence-corrected chi connectivity index (χ2v) is 3.89. The molecule has 0 aliphatic heterocycles. The maximum Gasteiger partial charge on any atom is 0.166 e. The minimum atomic E-state index is -0.0699. The molecular weight excluding hydrogens is 202 g/mol. The molecule has 2 N–H and O–H groups in total. The molecule has 0 heterocycles. The van der Waals surface area contributed by atoms with Crippen LogP contribution in [0.25, 0.3) is 6.08 Å². The summed E-state index contributed by atoms with van der Waals surface area (Å²) in [6.45, 7) is 0.